The Morgan fingerprint density at radius 2 is 0.825 bits per heavy atom. The van der Waals surface area contributed by atoms with Crippen LogP contribution in [0.15, 0.2) is 235 Å². The van der Waals surface area contributed by atoms with Gasteiger partial charge in [-0.2, -0.15) is 0 Å². The van der Waals surface area contributed by atoms with Gasteiger partial charge < -0.3 is 13.6 Å². The number of furan rings is 1. The first kappa shape index (κ1) is 35.4. The molecule has 0 aliphatic rings. The topological polar surface area (TPSA) is 23.0 Å². The molecule has 0 radical (unpaired) electrons. The average Bonchev–Trinajstić information content (AvgIpc) is 4.02. The smallest absolute Gasteiger partial charge is 0.160 e. The van der Waals surface area contributed by atoms with Crippen molar-refractivity contribution >= 4 is 65.6 Å². The van der Waals surface area contributed by atoms with Crippen LogP contribution in [-0.2, 0) is 0 Å². The Labute approximate surface area is 363 Å². The number of fused-ring (bicyclic) bond motifs is 9. The maximum atomic E-state index is 7.00. The molecule has 3 aromatic heterocycles. The van der Waals surface area contributed by atoms with Crippen molar-refractivity contribution in [3.8, 4) is 55.9 Å². The van der Waals surface area contributed by atoms with Crippen LogP contribution in [0.5, 0.6) is 0 Å². The van der Waals surface area contributed by atoms with E-state index in [-0.39, 0.29) is 0 Å². The van der Waals surface area contributed by atoms with Gasteiger partial charge in [-0.05, 0) is 81.4 Å². The summed E-state index contributed by atoms with van der Waals surface area (Å²) < 4.78 is 11.9. The van der Waals surface area contributed by atoms with Gasteiger partial charge in [-0.1, -0.05) is 188 Å². The molecule has 0 aliphatic carbocycles. The zero-order valence-electron chi connectivity index (χ0n) is 34.2. The van der Waals surface area contributed by atoms with Crippen molar-refractivity contribution in [2.45, 2.75) is 0 Å². The molecule has 0 spiro atoms. The highest BCUT2D eigenvalue weighted by atomic mass is 16.3. The van der Waals surface area contributed by atoms with Gasteiger partial charge in [0.2, 0.25) is 0 Å². The van der Waals surface area contributed by atoms with E-state index in [9.17, 15) is 0 Å². The number of hydrogen-bond acceptors (Lipinski definition) is 1. The van der Waals surface area contributed by atoms with Crippen molar-refractivity contribution in [1.29, 1.82) is 0 Å². The van der Waals surface area contributed by atoms with Gasteiger partial charge in [0.25, 0.3) is 0 Å². The lowest BCUT2D eigenvalue weighted by atomic mass is 9.91. The first-order valence-corrected chi connectivity index (χ1v) is 21.6. The van der Waals surface area contributed by atoms with E-state index in [0.29, 0.717) is 0 Å². The van der Waals surface area contributed by atoms with Crippen LogP contribution < -0.4 is 0 Å². The second kappa shape index (κ2) is 14.1. The Morgan fingerprint density at radius 1 is 0.270 bits per heavy atom. The van der Waals surface area contributed by atoms with Gasteiger partial charge in [0.1, 0.15) is 5.58 Å². The summed E-state index contributed by atoms with van der Waals surface area (Å²) in [7, 11) is 0. The lowest BCUT2D eigenvalue weighted by Gasteiger charge is -2.15. The first-order chi connectivity index (χ1) is 31.3. The number of para-hydroxylation sites is 4. The predicted octanol–water partition coefficient (Wildman–Crippen LogP) is 16.4. The van der Waals surface area contributed by atoms with E-state index in [2.05, 4.69) is 240 Å². The maximum absolute atomic E-state index is 7.00. The monoisotopic (exact) mass is 802 g/mol. The second-order valence-corrected chi connectivity index (χ2v) is 16.4. The Kier molecular flexibility index (Phi) is 7.91. The van der Waals surface area contributed by atoms with E-state index < -0.39 is 0 Å². The zero-order chi connectivity index (χ0) is 41.4. The van der Waals surface area contributed by atoms with Gasteiger partial charge in [-0.15, -0.1) is 0 Å². The van der Waals surface area contributed by atoms with Crippen LogP contribution in [0.2, 0.25) is 0 Å². The summed E-state index contributed by atoms with van der Waals surface area (Å²) in [5.74, 6) is 0. The Bertz CT molecular complexity index is 3900. The molecule has 13 aromatic rings. The number of rotatable bonds is 6. The minimum absolute atomic E-state index is 0.867. The van der Waals surface area contributed by atoms with Crippen molar-refractivity contribution in [2.75, 3.05) is 0 Å². The summed E-state index contributed by atoms with van der Waals surface area (Å²) in [4.78, 5) is 0. The maximum Gasteiger partial charge on any atom is 0.160 e. The van der Waals surface area contributed by atoms with Gasteiger partial charge in [0.05, 0.1) is 33.4 Å². The van der Waals surface area contributed by atoms with Gasteiger partial charge in [-0.25, -0.2) is 0 Å². The summed E-state index contributed by atoms with van der Waals surface area (Å²) in [6.45, 7) is 0. The molecule has 0 aliphatic heterocycles. The van der Waals surface area contributed by atoms with Crippen LogP contribution in [0, 0.1) is 0 Å². The minimum Gasteiger partial charge on any atom is -0.454 e. The fraction of sp³-hybridized carbons (Fsp3) is 0. The summed E-state index contributed by atoms with van der Waals surface area (Å²) in [5, 5.41) is 7.08. The van der Waals surface area contributed by atoms with Gasteiger partial charge in [0, 0.05) is 37.9 Å². The Balaban J connectivity index is 1.07. The third-order valence-electron chi connectivity index (χ3n) is 13.0. The molecule has 0 saturated heterocycles. The molecule has 0 fully saturated rings. The van der Waals surface area contributed by atoms with Gasteiger partial charge >= 0.3 is 0 Å². The average molecular weight is 803 g/mol. The molecule has 13 rings (SSSR count). The van der Waals surface area contributed by atoms with E-state index in [1.54, 1.807) is 0 Å². The van der Waals surface area contributed by atoms with Crippen molar-refractivity contribution < 1.29 is 4.42 Å². The molecule has 0 amide bonds. The highest BCUT2D eigenvalue weighted by molar-refractivity contribution is 6.19. The molecule has 3 heterocycles. The number of benzene rings is 10. The van der Waals surface area contributed by atoms with Crippen LogP contribution in [-0.4, -0.2) is 9.13 Å². The molecular weight excluding hydrogens is 765 g/mol. The van der Waals surface area contributed by atoms with Crippen LogP contribution in [0.4, 0.5) is 0 Å². The molecule has 3 heteroatoms. The van der Waals surface area contributed by atoms with Crippen molar-refractivity contribution in [3.63, 3.8) is 0 Å². The van der Waals surface area contributed by atoms with E-state index in [4.69, 9.17) is 4.42 Å². The van der Waals surface area contributed by atoms with Crippen LogP contribution >= 0.6 is 0 Å². The van der Waals surface area contributed by atoms with E-state index in [0.717, 1.165) is 55.5 Å². The van der Waals surface area contributed by atoms with Gasteiger partial charge in [0.15, 0.2) is 5.58 Å². The third-order valence-corrected chi connectivity index (χ3v) is 13.0. The largest absolute Gasteiger partial charge is 0.454 e. The minimum atomic E-state index is 0.867. The van der Waals surface area contributed by atoms with Gasteiger partial charge in [-0.3, -0.25) is 0 Å². The Hall–Kier alpha value is -8.40. The molecule has 0 saturated carbocycles. The highest BCUT2D eigenvalue weighted by Gasteiger charge is 2.23. The van der Waals surface area contributed by atoms with E-state index in [1.165, 1.54) is 66.0 Å². The molecule has 10 aromatic carbocycles. The molecule has 63 heavy (non-hydrogen) atoms. The lowest BCUT2D eigenvalue weighted by molar-refractivity contribution is 0.666. The first-order valence-electron chi connectivity index (χ1n) is 21.6. The Morgan fingerprint density at radius 3 is 1.62 bits per heavy atom. The molecule has 0 unspecified atom stereocenters. The fourth-order valence-electron chi connectivity index (χ4n) is 10.2. The summed E-state index contributed by atoms with van der Waals surface area (Å²) in [6.07, 6.45) is 0. The van der Waals surface area contributed by atoms with Crippen molar-refractivity contribution in [2.24, 2.45) is 0 Å². The summed E-state index contributed by atoms with van der Waals surface area (Å²) >= 11 is 0. The normalized spacial score (nSPS) is 11.8. The van der Waals surface area contributed by atoms with E-state index in [1.807, 2.05) is 0 Å². The zero-order valence-corrected chi connectivity index (χ0v) is 34.2. The predicted molar refractivity (Wildman–Crippen MR) is 264 cm³/mol. The van der Waals surface area contributed by atoms with Crippen LogP contribution in [0.3, 0.4) is 0 Å². The number of nitrogens with zero attached hydrogens (tertiary/aromatic N) is 2. The number of hydrogen-bond donors (Lipinski definition) is 0. The fourth-order valence-corrected chi connectivity index (χ4v) is 10.2. The van der Waals surface area contributed by atoms with Crippen LogP contribution in [0.1, 0.15) is 0 Å². The molecular formula is C60H38N2O. The van der Waals surface area contributed by atoms with Crippen molar-refractivity contribution in [1.82, 2.24) is 9.13 Å². The lowest BCUT2D eigenvalue weighted by Crippen LogP contribution is -1.97. The molecule has 0 bridgehead atoms. The summed E-state index contributed by atoms with van der Waals surface area (Å²) in [6, 6.07) is 83.2. The van der Waals surface area contributed by atoms with Crippen molar-refractivity contribution in [3.05, 3.63) is 231 Å². The third kappa shape index (κ3) is 5.40. The molecule has 0 N–H and O–H groups in total. The molecule has 0 atom stereocenters. The number of aromatic nitrogens is 2. The second-order valence-electron chi connectivity index (χ2n) is 16.4. The quantitative estimate of drug-likeness (QED) is 0.164. The van der Waals surface area contributed by atoms with E-state index >= 15 is 0 Å². The molecule has 294 valence electrons. The SMILES string of the molecule is c1ccc(-c2ccccc2-c2ccc(-n3c4ccccc4c4ccc(-c5cccc6c5c5ccccc5n6-c5ccccc5-c5ccccc5)cc43)c3oc4ccccc4c23)cc1. The summed E-state index contributed by atoms with van der Waals surface area (Å²) in [5.41, 5.74) is 18.0. The highest BCUT2D eigenvalue weighted by Crippen LogP contribution is 2.46. The standard InChI is InChI=1S/C60H38N2O/c1-3-18-39(19-4-1)42-22-7-8-24-45(42)48-36-37-55(60-59(48)50-27-12-16-33-57(50)63-60)62-52-30-14-10-25-46(52)47-35-34-41(38-56(47)62)44-28-17-32-54-58(44)49-26-11-15-31-53(49)61(54)51-29-13-9-23-43(51)40-20-5-2-6-21-40/h1-38H. The van der Waals surface area contributed by atoms with Crippen LogP contribution in [0.25, 0.3) is 121 Å². The molecule has 3 nitrogen and oxygen atoms in total.